The van der Waals surface area contributed by atoms with Crippen LogP contribution < -0.4 is 5.32 Å². The molecule has 2 bridgehead atoms. The Kier molecular flexibility index (Phi) is 4.73. The first-order valence-corrected chi connectivity index (χ1v) is 10.3. The van der Waals surface area contributed by atoms with Gasteiger partial charge in [-0.3, -0.25) is 9.69 Å². The predicted octanol–water partition coefficient (Wildman–Crippen LogP) is 4.10. The summed E-state index contributed by atoms with van der Waals surface area (Å²) in [5.41, 5.74) is 3.25. The van der Waals surface area contributed by atoms with Crippen LogP contribution in [0.1, 0.15) is 56.1 Å². The molecule has 0 radical (unpaired) electrons. The lowest BCUT2D eigenvalue weighted by Crippen LogP contribution is -2.38. The van der Waals surface area contributed by atoms with Gasteiger partial charge < -0.3 is 15.0 Å². The highest BCUT2D eigenvalue weighted by atomic mass is 16.5. The normalized spacial score (nSPS) is 25.9. The Morgan fingerprint density at radius 1 is 1.28 bits per heavy atom. The smallest absolute Gasteiger partial charge is 0.356 e. The van der Waals surface area contributed by atoms with Gasteiger partial charge >= 0.3 is 5.97 Å². The minimum atomic E-state index is -0.486. The van der Waals surface area contributed by atoms with Gasteiger partial charge in [0.15, 0.2) is 0 Å². The number of carbonyl (C=O) groups excluding carboxylic acids is 2. The number of aromatic amines is 1. The molecule has 2 aromatic rings. The Balaban J connectivity index is 1.57. The zero-order chi connectivity index (χ0) is 21.0. The second-order valence-electron chi connectivity index (χ2n) is 10.1. The molecule has 6 heteroatoms. The lowest BCUT2D eigenvalue weighted by Gasteiger charge is -2.39. The minimum Gasteiger partial charge on any atom is -0.464 e. The van der Waals surface area contributed by atoms with Crippen LogP contribution in [0.5, 0.6) is 0 Å². The molecule has 0 spiro atoms. The van der Waals surface area contributed by atoms with E-state index in [-0.39, 0.29) is 17.0 Å². The third-order valence-corrected chi connectivity index (χ3v) is 6.48. The van der Waals surface area contributed by atoms with Crippen molar-refractivity contribution < 1.29 is 14.3 Å². The average Bonchev–Trinajstić information content (AvgIpc) is 3.07. The molecular formula is C23H31N3O3. The lowest BCUT2D eigenvalue weighted by atomic mass is 9.65. The number of fused-ring (bicyclic) bond motifs is 3. The van der Waals surface area contributed by atoms with E-state index in [4.69, 9.17) is 4.74 Å². The van der Waals surface area contributed by atoms with Crippen molar-refractivity contribution in [2.45, 2.75) is 53.0 Å². The van der Waals surface area contributed by atoms with Crippen LogP contribution in [0.25, 0.3) is 10.9 Å². The summed E-state index contributed by atoms with van der Waals surface area (Å²) in [4.78, 5) is 30.7. The van der Waals surface area contributed by atoms with Gasteiger partial charge in [0, 0.05) is 23.5 Å². The van der Waals surface area contributed by atoms with Gasteiger partial charge in [-0.05, 0) is 49.1 Å². The zero-order valence-corrected chi connectivity index (χ0v) is 18.0. The maximum Gasteiger partial charge on any atom is 0.356 e. The Morgan fingerprint density at radius 2 is 2.03 bits per heavy atom. The second kappa shape index (κ2) is 6.87. The van der Waals surface area contributed by atoms with E-state index in [0.717, 1.165) is 35.9 Å². The predicted molar refractivity (Wildman–Crippen MR) is 114 cm³/mol. The van der Waals surface area contributed by atoms with Gasteiger partial charge in [-0.25, -0.2) is 4.79 Å². The Bertz CT molecular complexity index is 977. The van der Waals surface area contributed by atoms with Crippen molar-refractivity contribution in [2.75, 3.05) is 25.5 Å². The van der Waals surface area contributed by atoms with Gasteiger partial charge in [-0.15, -0.1) is 0 Å². The number of anilines is 1. The van der Waals surface area contributed by atoms with E-state index in [0.29, 0.717) is 23.7 Å². The van der Waals surface area contributed by atoms with Crippen LogP contribution in [0, 0.1) is 17.8 Å². The molecule has 2 heterocycles. The van der Waals surface area contributed by atoms with Gasteiger partial charge in [0.1, 0.15) is 5.69 Å². The molecule has 2 fully saturated rings. The summed E-state index contributed by atoms with van der Waals surface area (Å²) in [6.45, 7) is 10.3. The first kappa shape index (κ1) is 20.0. The molecule has 2 N–H and O–H groups in total. The van der Waals surface area contributed by atoms with E-state index in [9.17, 15) is 9.59 Å². The van der Waals surface area contributed by atoms with Crippen LogP contribution in [0.3, 0.4) is 0 Å². The SMILES string of the molecule is COC(=O)c1[nH]c2ccc(C)cc2c1NC(=O)CN1C[C@@]2(C)C[C@H]1CC(C)(C)C2. The van der Waals surface area contributed by atoms with E-state index in [1.54, 1.807) is 0 Å². The number of carbonyl (C=O) groups is 2. The molecule has 1 aliphatic heterocycles. The lowest BCUT2D eigenvalue weighted by molar-refractivity contribution is -0.117. The average molecular weight is 398 g/mol. The number of benzene rings is 1. The molecule has 29 heavy (non-hydrogen) atoms. The molecule has 1 aromatic carbocycles. The molecule has 1 saturated heterocycles. The number of nitrogens with zero attached hydrogens (tertiary/aromatic N) is 1. The van der Waals surface area contributed by atoms with Gasteiger partial charge in [0.05, 0.1) is 19.3 Å². The molecule has 1 amide bonds. The number of likely N-dealkylation sites (tertiary alicyclic amines) is 1. The van der Waals surface area contributed by atoms with Gasteiger partial charge in [0.25, 0.3) is 0 Å². The van der Waals surface area contributed by atoms with Crippen molar-refractivity contribution in [3.63, 3.8) is 0 Å². The topological polar surface area (TPSA) is 74.4 Å². The maximum absolute atomic E-state index is 13.0. The van der Waals surface area contributed by atoms with Crippen LogP contribution in [-0.4, -0.2) is 48.0 Å². The van der Waals surface area contributed by atoms with Crippen molar-refractivity contribution in [1.82, 2.24) is 9.88 Å². The Morgan fingerprint density at radius 3 is 2.76 bits per heavy atom. The summed E-state index contributed by atoms with van der Waals surface area (Å²) < 4.78 is 4.91. The molecule has 4 rings (SSSR count). The monoisotopic (exact) mass is 397 g/mol. The minimum absolute atomic E-state index is 0.0912. The summed E-state index contributed by atoms with van der Waals surface area (Å²) in [5, 5.41) is 3.83. The van der Waals surface area contributed by atoms with Gasteiger partial charge in [-0.1, -0.05) is 32.4 Å². The summed E-state index contributed by atoms with van der Waals surface area (Å²) in [6, 6.07) is 6.30. The number of rotatable bonds is 4. The van der Waals surface area contributed by atoms with E-state index in [2.05, 4.69) is 36.0 Å². The number of ether oxygens (including phenoxy) is 1. The molecule has 0 unspecified atom stereocenters. The van der Waals surface area contributed by atoms with Crippen molar-refractivity contribution in [1.29, 1.82) is 0 Å². The van der Waals surface area contributed by atoms with Crippen molar-refractivity contribution >= 4 is 28.5 Å². The fraction of sp³-hybridized carbons (Fsp3) is 0.565. The molecular weight excluding hydrogens is 366 g/mol. The Labute approximate surface area is 172 Å². The molecule has 6 nitrogen and oxygen atoms in total. The number of aromatic nitrogens is 1. The van der Waals surface area contributed by atoms with E-state index in [1.807, 2.05) is 25.1 Å². The number of aryl methyl sites for hydroxylation is 1. The standard InChI is InChI=1S/C23H31N3O3/c1-14-6-7-17-16(8-14)19(20(24-17)21(28)29-5)25-18(27)11-26-13-23(4)10-15(26)9-22(2,3)12-23/h6-8,15,24H,9-13H2,1-5H3,(H,25,27)/t15-,23+/m1/s1. The molecule has 1 aliphatic carbocycles. The van der Waals surface area contributed by atoms with Crippen LogP contribution in [0.2, 0.25) is 0 Å². The van der Waals surface area contributed by atoms with E-state index >= 15 is 0 Å². The molecule has 2 aliphatic rings. The summed E-state index contributed by atoms with van der Waals surface area (Å²) in [7, 11) is 1.34. The molecule has 2 atom stereocenters. The number of hydrogen-bond acceptors (Lipinski definition) is 4. The largest absolute Gasteiger partial charge is 0.464 e. The quantitative estimate of drug-likeness (QED) is 0.762. The molecule has 156 valence electrons. The third-order valence-electron chi connectivity index (χ3n) is 6.48. The summed E-state index contributed by atoms with van der Waals surface area (Å²) in [5.74, 6) is -0.577. The highest BCUT2D eigenvalue weighted by Crippen LogP contribution is 2.52. The molecule has 1 saturated carbocycles. The number of H-pyrrole nitrogens is 1. The van der Waals surface area contributed by atoms with Crippen molar-refractivity contribution in [3.8, 4) is 0 Å². The fourth-order valence-corrected chi connectivity index (χ4v) is 5.82. The van der Waals surface area contributed by atoms with Gasteiger partial charge in [-0.2, -0.15) is 0 Å². The van der Waals surface area contributed by atoms with Crippen LogP contribution in [-0.2, 0) is 9.53 Å². The number of amides is 1. The van der Waals surface area contributed by atoms with Crippen LogP contribution in [0.15, 0.2) is 18.2 Å². The highest BCUT2D eigenvalue weighted by molar-refractivity contribution is 6.11. The highest BCUT2D eigenvalue weighted by Gasteiger charge is 2.49. The van der Waals surface area contributed by atoms with Crippen molar-refractivity contribution in [3.05, 3.63) is 29.5 Å². The number of hydrogen-bond donors (Lipinski definition) is 2. The number of methoxy groups -OCH3 is 1. The van der Waals surface area contributed by atoms with Crippen LogP contribution >= 0.6 is 0 Å². The zero-order valence-electron chi connectivity index (χ0n) is 18.0. The first-order valence-electron chi connectivity index (χ1n) is 10.3. The number of nitrogens with one attached hydrogen (secondary N) is 2. The van der Waals surface area contributed by atoms with E-state index in [1.165, 1.54) is 13.5 Å². The van der Waals surface area contributed by atoms with Crippen molar-refractivity contribution in [2.24, 2.45) is 10.8 Å². The van der Waals surface area contributed by atoms with E-state index < -0.39 is 5.97 Å². The summed E-state index contributed by atoms with van der Waals surface area (Å²) >= 11 is 0. The Hall–Kier alpha value is -2.34. The van der Waals surface area contributed by atoms with Crippen LogP contribution in [0.4, 0.5) is 5.69 Å². The maximum atomic E-state index is 13.0. The fourth-order valence-electron chi connectivity index (χ4n) is 5.82. The van der Waals surface area contributed by atoms with Gasteiger partial charge in [0.2, 0.25) is 5.91 Å². The third kappa shape index (κ3) is 3.78. The molecule has 1 aromatic heterocycles. The number of esters is 1. The summed E-state index contributed by atoms with van der Waals surface area (Å²) in [6.07, 6.45) is 3.47. The first-order chi connectivity index (χ1) is 13.6. The second-order valence-corrected chi connectivity index (χ2v) is 10.1.